The zero-order valence-electron chi connectivity index (χ0n) is 17.3. The van der Waals surface area contributed by atoms with E-state index in [0.717, 1.165) is 11.6 Å². The fourth-order valence-corrected chi connectivity index (χ4v) is 3.20. The molecule has 0 aliphatic rings. The number of amides is 1. The van der Waals surface area contributed by atoms with Crippen molar-refractivity contribution in [2.75, 3.05) is 13.1 Å². The number of ether oxygens (including phenoxy) is 1. The van der Waals surface area contributed by atoms with Crippen molar-refractivity contribution in [3.05, 3.63) is 100 Å². The molecule has 0 fully saturated rings. The van der Waals surface area contributed by atoms with Crippen molar-refractivity contribution in [3.8, 4) is 5.75 Å². The number of benzene rings is 3. The highest BCUT2D eigenvalue weighted by molar-refractivity contribution is 6.30. The van der Waals surface area contributed by atoms with Crippen molar-refractivity contribution in [2.45, 2.75) is 19.6 Å². The van der Waals surface area contributed by atoms with E-state index in [4.69, 9.17) is 22.1 Å². The zero-order chi connectivity index (χ0) is 22.2. The summed E-state index contributed by atoms with van der Waals surface area (Å²) in [6.07, 6.45) is 0.642. The summed E-state index contributed by atoms with van der Waals surface area (Å²) in [6, 6.07) is 17.4. The monoisotopic (exact) mass is 480 g/mol. The Morgan fingerprint density at radius 3 is 2.44 bits per heavy atom. The number of rotatable bonds is 9. The van der Waals surface area contributed by atoms with Crippen LogP contribution in [0, 0.1) is 11.6 Å². The van der Waals surface area contributed by atoms with Gasteiger partial charge in [-0.2, -0.15) is 0 Å². The first-order valence-corrected chi connectivity index (χ1v) is 10.3. The van der Waals surface area contributed by atoms with E-state index < -0.39 is 11.6 Å². The van der Waals surface area contributed by atoms with Gasteiger partial charge >= 0.3 is 0 Å². The maximum Gasteiger partial charge on any atom is 0.257 e. The van der Waals surface area contributed by atoms with E-state index in [1.807, 2.05) is 12.1 Å². The van der Waals surface area contributed by atoms with Crippen LogP contribution in [0.3, 0.4) is 0 Å². The molecule has 32 heavy (non-hydrogen) atoms. The minimum absolute atomic E-state index is 0. The Kier molecular flexibility index (Phi) is 9.91. The van der Waals surface area contributed by atoms with Gasteiger partial charge in [0, 0.05) is 29.7 Å². The summed E-state index contributed by atoms with van der Waals surface area (Å²) in [5.41, 5.74) is 7.14. The number of hydrogen-bond acceptors (Lipinski definition) is 3. The maximum absolute atomic E-state index is 13.9. The van der Waals surface area contributed by atoms with Crippen molar-refractivity contribution in [1.82, 2.24) is 4.90 Å². The van der Waals surface area contributed by atoms with E-state index in [9.17, 15) is 13.6 Å². The smallest absolute Gasteiger partial charge is 0.257 e. The number of carbonyl (C=O) groups is 1. The molecule has 0 aromatic heterocycles. The van der Waals surface area contributed by atoms with Gasteiger partial charge in [0.05, 0.1) is 5.56 Å². The van der Waals surface area contributed by atoms with Gasteiger partial charge in [0.25, 0.3) is 5.91 Å². The third-order valence-electron chi connectivity index (χ3n) is 4.72. The van der Waals surface area contributed by atoms with E-state index >= 15 is 0 Å². The van der Waals surface area contributed by atoms with Crippen molar-refractivity contribution in [2.24, 2.45) is 5.73 Å². The highest BCUT2D eigenvalue weighted by atomic mass is 35.5. The third-order valence-corrected chi connectivity index (χ3v) is 4.97. The van der Waals surface area contributed by atoms with Crippen LogP contribution in [0.5, 0.6) is 5.75 Å². The fourth-order valence-electron chi connectivity index (χ4n) is 3.08. The second-order valence-corrected chi connectivity index (χ2v) is 7.45. The second kappa shape index (κ2) is 12.4. The standard InChI is InChI=1S/C24H23ClF2N2O2.ClH/c25-19-9-6-17(7-10-19)15-29(13-3-12-28)24(30)21-4-1-2-5-23(21)31-16-18-8-11-20(26)14-22(18)27;/h1-2,4-11,14H,3,12-13,15-16,28H2;1H. The Morgan fingerprint density at radius 2 is 1.75 bits per heavy atom. The molecule has 1 amide bonds. The highest BCUT2D eigenvalue weighted by Crippen LogP contribution is 2.23. The lowest BCUT2D eigenvalue weighted by Gasteiger charge is -2.24. The minimum Gasteiger partial charge on any atom is -0.488 e. The number of nitrogens with two attached hydrogens (primary N) is 1. The lowest BCUT2D eigenvalue weighted by atomic mass is 10.1. The summed E-state index contributed by atoms with van der Waals surface area (Å²) in [5, 5.41) is 0.621. The van der Waals surface area contributed by atoms with Crippen LogP contribution in [0.2, 0.25) is 5.02 Å². The molecule has 0 saturated heterocycles. The van der Waals surface area contributed by atoms with Crippen LogP contribution >= 0.6 is 24.0 Å². The topological polar surface area (TPSA) is 55.6 Å². The van der Waals surface area contributed by atoms with Gasteiger partial charge in [0.15, 0.2) is 0 Å². The molecule has 0 radical (unpaired) electrons. The molecule has 170 valence electrons. The molecule has 0 heterocycles. The number of halogens is 4. The number of carbonyl (C=O) groups excluding carboxylic acids is 1. The van der Waals surface area contributed by atoms with E-state index in [2.05, 4.69) is 0 Å². The molecular weight excluding hydrogens is 457 g/mol. The van der Waals surface area contributed by atoms with Crippen LogP contribution in [0.25, 0.3) is 0 Å². The summed E-state index contributed by atoms with van der Waals surface area (Å²) < 4.78 is 32.8. The van der Waals surface area contributed by atoms with Gasteiger partial charge in [0.2, 0.25) is 0 Å². The van der Waals surface area contributed by atoms with Crippen LogP contribution in [-0.2, 0) is 13.2 Å². The van der Waals surface area contributed by atoms with Gasteiger partial charge < -0.3 is 15.4 Å². The minimum atomic E-state index is -0.698. The van der Waals surface area contributed by atoms with E-state index in [1.54, 1.807) is 41.3 Å². The Hall–Kier alpha value is -2.67. The molecule has 0 aliphatic carbocycles. The number of nitrogens with zero attached hydrogens (tertiary/aromatic N) is 1. The molecule has 2 N–H and O–H groups in total. The van der Waals surface area contributed by atoms with Crippen molar-refractivity contribution in [3.63, 3.8) is 0 Å². The largest absolute Gasteiger partial charge is 0.488 e. The normalized spacial score (nSPS) is 10.4. The van der Waals surface area contributed by atoms with Gasteiger partial charge in [-0.05, 0) is 54.9 Å². The first kappa shape index (κ1) is 25.6. The van der Waals surface area contributed by atoms with Crippen LogP contribution in [-0.4, -0.2) is 23.9 Å². The molecule has 3 rings (SSSR count). The highest BCUT2D eigenvalue weighted by Gasteiger charge is 2.20. The summed E-state index contributed by atoms with van der Waals surface area (Å²) in [5.74, 6) is -1.26. The van der Waals surface area contributed by atoms with Gasteiger partial charge in [-0.25, -0.2) is 8.78 Å². The van der Waals surface area contributed by atoms with Gasteiger partial charge in [-0.15, -0.1) is 12.4 Å². The first-order valence-electron chi connectivity index (χ1n) is 9.87. The molecule has 0 spiro atoms. The van der Waals surface area contributed by atoms with Gasteiger partial charge in [-0.3, -0.25) is 4.79 Å². The molecule has 3 aromatic carbocycles. The fraction of sp³-hybridized carbons (Fsp3) is 0.208. The summed E-state index contributed by atoms with van der Waals surface area (Å²) in [4.78, 5) is 15.0. The van der Waals surface area contributed by atoms with Crippen LogP contribution in [0.15, 0.2) is 66.7 Å². The Bertz CT molecular complexity index is 1030. The molecule has 0 bridgehead atoms. The van der Waals surface area contributed by atoms with E-state index in [-0.39, 0.29) is 30.5 Å². The molecule has 4 nitrogen and oxygen atoms in total. The second-order valence-electron chi connectivity index (χ2n) is 7.02. The maximum atomic E-state index is 13.9. The average Bonchev–Trinajstić information content (AvgIpc) is 2.77. The SMILES string of the molecule is Cl.NCCCN(Cc1ccc(Cl)cc1)C(=O)c1ccccc1OCc1ccc(F)cc1F. The lowest BCUT2D eigenvalue weighted by Crippen LogP contribution is -2.32. The van der Waals surface area contributed by atoms with Gasteiger partial charge in [-0.1, -0.05) is 35.9 Å². The Labute approximate surface area is 197 Å². The predicted octanol–water partition coefficient (Wildman–Crippen LogP) is 5.61. The molecule has 0 saturated carbocycles. The summed E-state index contributed by atoms with van der Waals surface area (Å²) >= 11 is 5.95. The summed E-state index contributed by atoms with van der Waals surface area (Å²) in [6.45, 7) is 1.18. The number of hydrogen-bond donors (Lipinski definition) is 1. The predicted molar refractivity (Wildman–Crippen MR) is 124 cm³/mol. The lowest BCUT2D eigenvalue weighted by molar-refractivity contribution is 0.0737. The van der Waals surface area contributed by atoms with Crippen molar-refractivity contribution >= 4 is 29.9 Å². The van der Waals surface area contributed by atoms with Gasteiger partial charge in [0.1, 0.15) is 24.0 Å². The first-order chi connectivity index (χ1) is 15.0. The van der Waals surface area contributed by atoms with Crippen molar-refractivity contribution < 1.29 is 18.3 Å². The molecule has 0 unspecified atom stereocenters. The van der Waals surface area contributed by atoms with Crippen LogP contribution < -0.4 is 10.5 Å². The summed E-state index contributed by atoms with van der Waals surface area (Å²) in [7, 11) is 0. The molecule has 0 atom stereocenters. The quantitative estimate of drug-likeness (QED) is 0.432. The van der Waals surface area contributed by atoms with Crippen LogP contribution in [0.4, 0.5) is 8.78 Å². The molecule has 0 aliphatic heterocycles. The number of para-hydroxylation sites is 1. The molecule has 8 heteroatoms. The molecular formula is C24H24Cl2F2N2O2. The molecule has 3 aromatic rings. The average molecular weight is 481 g/mol. The third kappa shape index (κ3) is 6.92. The Morgan fingerprint density at radius 1 is 1.03 bits per heavy atom. The van der Waals surface area contributed by atoms with E-state index in [1.165, 1.54) is 12.1 Å². The van der Waals surface area contributed by atoms with Crippen LogP contribution in [0.1, 0.15) is 27.9 Å². The Balaban J connectivity index is 0.00000363. The van der Waals surface area contributed by atoms with E-state index in [0.29, 0.717) is 42.4 Å². The zero-order valence-corrected chi connectivity index (χ0v) is 18.8. The van der Waals surface area contributed by atoms with Crippen molar-refractivity contribution in [1.29, 1.82) is 0 Å².